The van der Waals surface area contributed by atoms with Gasteiger partial charge in [-0.25, -0.2) is 28.8 Å². The second-order valence-electron chi connectivity index (χ2n) is 34.7. The van der Waals surface area contributed by atoms with Crippen molar-refractivity contribution in [1.82, 2.24) is 19.6 Å². The van der Waals surface area contributed by atoms with Crippen LogP contribution in [0.5, 0.6) is 23.0 Å². The molecule has 664 valence electrons. The number of likely N-dealkylation sites (tertiary alicyclic amines) is 4. The number of piperidine rings is 4. The maximum Gasteiger partial charge on any atom is 0.410 e. The first-order valence-corrected chi connectivity index (χ1v) is 44.0. The largest absolute Gasteiger partial charge is 0.486 e. The van der Waals surface area contributed by atoms with Crippen LogP contribution in [0.1, 0.15) is 229 Å². The van der Waals surface area contributed by atoms with E-state index >= 15 is 0 Å². The van der Waals surface area contributed by atoms with Gasteiger partial charge in [-0.15, -0.1) is 0 Å². The van der Waals surface area contributed by atoms with Crippen molar-refractivity contribution in [3.8, 4) is 23.0 Å². The van der Waals surface area contributed by atoms with Crippen LogP contribution in [0.25, 0.3) is 16.7 Å². The van der Waals surface area contributed by atoms with Crippen molar-refractivity contribution in [2.75, 3.05) is 98.2 Å². The third-order valence-electron chi connectivity index (χ3n) is 20.4. The number of amides is 4. The molecular weight excluding hydrogens is 1580 g/mol. The Labute approximate surface area is 713 Å². The van der Waals surface area contributed by atoms with Gasteiger partial charge in [-0.2, -0.15) is 0 Å². The number of nitrogens with zero attached hydrogens (tertiary/aromatic N) is 4. The molecule has 0 radical (unpaired) electrons. The second kappa shape index (κ2) is 42.2. The van der Waals surface area contributed by atoms with Gasteiger partial charge in [0, 0.05) is 145 Å². The lowest BCUT2D eigenvalue weighted by molar-refractivity contribution is -0.142. The Balaban J connectivity index is 0.000000191. The first-order chi connectivity index (χ1) is 57.0. The van der Waals surface area contributed by atoms with Crippen LogP contribution in [0.15, 0.2) is 115 Å². The maximum absolute atomic E-state index is 12.4. The van der Waals surface area contributed by atoms with Crippen molar-refractivity contribution in [3.63, 3.8) is 0 Å². The smallest absolute Gasteiger partial charge is 0.410 e. The minimum atomic E-state index is -3.28. The van der Waals surface area contributed by atoms with E-state index in [0.29, 0.717) is 154 Å². The lowest BCUT2D eigenvalue weighted by Crippen LogP contribution is -2.52. The normalized spacial score (nSPS) is 18.4. The number of carbonyl (C=O) groups excluding carboxylic acids is 9. The standard InChI is InChI=1S/3C22H29NO5.C18H23NO4.C8H17O5P/c3*1-5-26-19(24)14-16-15-22(27-18-9-7-6-8-17(16)18)10-12-23(13-11-22)20(25)28-21(2,3)4;1-17(2,3)23-16(21)19-10-8-18(9-11-19)12-14(20)13-6-4-5-7-15(13)22-18;1-4-11-8(9)7-14(10,12-5-2)13-6-3/h6-9,15H,5,10-14H2,1-4H3;2*6-9,14H,5,10-13,15H2,1-4H3;4-7H,8-12H2,1-3H3;4-7H2,1-3H3/b;16-14+;16-14-;;. The summed E-state index contributed by atoms with van der Waals surface area (Å²) >= 11 is 0. The van der Waals surface area contributed by atoms with Crippen LogP contribution in [0.3, 0.4) is 0 Å². The molecule has 4 amide bonds. The number of rotatable bonds is 14. The molecular formula is C92H127N4O24P. The van der Waals surface area contributed by atoms with Crippen molar-refractivity contribution in [2.45, 2.75) is 246 Å². The number of ketones is 1. The van der Waals surface area contributed by atoms with Crippen LogP contribution in [-0.4, -0.2) is 217 Å². The summed E-state index contributed by atoms with van der Waals surface area (Å²) in [5.74, 6) is 1.63. The summed E-state index contributed by atoms with van der Waals surface area (Å²) in [4.78, 5) is 116. The average molecular weight is 1700 g/mol. The minimum Gasteiger partial charge on any atom is -0.486 e. The van der Waals surface area contributed by atoms with E-state index in [2.05, 4.69) is 10.8 Å². The molecule has 4 saturated heterocycles. The molecule has 0 aliphatic carbocycles. The summed E-state index contributed by atoms with van der Waals surface area (Å²) in [6, 6.07) is 30.6. The number of benzene rings is 4. The minimum absolute atomic E-state index is 0.123. The van der Waals surface area contributed by atoms with Gasteiger partial charge in [-0.3, -0.25) is 18.9 Å². The van der Waals surface area contributed by atoms with Crippen molar-refractivity contribution in [1.29, 1.82) is 0 Å². The summed E-state index contributed by atoms with van der Waals surface area (Å²) < 4.78 is 88.7. The van der Waals surface area contributed by atoms with Crippen molar-refractivity contribution < 1.29 is 114 Å². The lowest BCUT2D eigenvalue weighted by atomic mass is 9.80. The fourth-order valence-electron chi connectivity index (χ4n) is 15.0. The molecule has 29 heteroatoms. The number of carbonyl (C=O) groups is 9. The van der Waals surface area contributed by atoms with E-state index in [1.165, 1.54) is 0 Å². The Hall–Kier alpha value is -9.92. The van der Waals surface area contributed by atoms with E-state index in [1.54, 1.807) is 79.4 Å². The first kappa shape index (κ1) is 96.5. The van der Waals surface area contributed by atoms with Gasteiger partial charge in [-0.1, -0.05) is 66.7 Å². The molecule has 0 unspecified atom stereocenters. The highest BCUT2D eigenvalue weighted by Gasteiger charge is 2.48. The zero-order valence-corrected chi connectivity index (χ0v) is 75.0. The summed E-state index contributed by atoms with van der Waals surface area (Å²) in [6.45, 7) is 39.0. The lowest BCUT2D eigenvalue weighted by Gasteiger charge is -2.45. The van der Waals surface area contributed by atoms with Gasteiger partial charge in [0.2, 0.25) is 0 Å². The Bertz CT molecular complexity index is 4250. The monoisotopic (exact) mass is 1700 g/mol. The Morgan fingerprint density at radius 3 is 1.02 bits per heavy atom. The van der Waals surface area contributed by atoms with Crippen LogP contribution >= 0.6 is 7.60 Å². The summed E-state index contributed by atoms with van der Waals surface area (Å²) in [5.41, 5.74) is 2.32. The molecule has 121 heavy (non-hydrogen) atoms. The molecule has 4 spiro atoms. The number of esters is 4. The number of hydrogen-bond donors (Lipinski definition) is 0. The van der Waals surface area contributed by atoms with Gasteiger partial charge in [0.15, 0.2) is 5.78 Å². The highest BCUT2D eigenvalue weighted by Crippen LogP contribution is 2.50. The van der Waals surface area contributed by atoms with Gasteiger partial charge in [-0.05, 0) is 178 Å². The van der Waals surface area contributed by atoms with Crippen LogP contribution in [0.2, 0.25) is 0 Å². The zero-order valence-electron chi connectivity index (χ0n) is 74.1. The summed E-state index contributed by atoms with van der Waals surface area (Å²) in [5, 5.41) is 0. The van der Waals surface area contributed by atoms with E-state index < -0.39 is 58.4 Å². The van der Waals surface area contributed by atoms with Crippen molar-refractivity contribution in [3.05, 3.63) is 138 Å². The molecule has 28 nitrogen and oxygen atoms in total. The Morgan fingerprint density at radius 2 is 0.678 bits per heavy atom. The van der Waals surface area contributed by atoms with Gasteiger partial charge in [0.05, 0.1) is 58.0 Å². The molecule has 0 N–H and O–H groups in total. The van der Waals surface area contributed by atoms with E-state index in [-0.39, 0.29) is 80.5 Å². The summed E-state index contributed by atoms with van der Waals surface area (Å²) in [7, 11) is -3.28. The van der Waals surface area contributed by atoms with Gasteiger partial charge in [0.25, 0.3) is 0 Å². The zero-order chi connectivity index (χ0) is 88.8. The molecule has 8 aliphatic heterocycles. The molecule has 12 rings (SSSR count). The molecule has 8 aliphatic rings. The van der Waals surface area contributed by atoms with E-state index in [1.807, 2.05) is 174 Å². The number of ether oxygens (including phenoxy) is 12. The third-order valence-corrected chi connectivity index (χ3v) is 22.4. The SMILES string of the molecule is CC(C)(C)OC(=O)N1CCC2(CC1)CC(=O)c1ccccc1O2.CCOC(=O)/C=C1/CC2(CCN(C(=O)OC(C)(C)C)CC2)Oc2ccccc21.CCOC(=O)/C=C1\CC2(CCN(C(=O)OC(C)(C)C)CC2)Oc2ccccc21.CCOC(=O)CC1=CC2(CCN(C(=O)OC(C)(C)C)CC2)Oc2ccccc21.CCOC(=O)CP(=O)(OCC)OCC. The molecule has 0 saturated carbocycles. The van der Waals surface area contributed by atoms with E-state index in [0.717, 1.165) is 50.7 Å². The third kappa shape index (κ3) is 28.9. The number of para-hydroxylation sites is 4. The molecule has 0 aromatic heterocycles. The van der Waals surface area contributed by atoms with Crippen LogP contribution in [-0.2, 0) is 70.7 Å². The maximum atomic E-state index is 12.4. The first-order valence-electron chi connectivity index (χ1n) is 42.2. The second-order valence-corrected chi connectivity index (χ2v) is 36.8. The highest BCUT2D eigenvalue weighted by molar-refractivity contribution is 7.54. The average Bonchev–Trinajstić information content (AvgIpc) is 0.779. The predicted octanol–water partition coefficient (Wildman–Crippen LogP) is 17.8. The van der Waals surface area contributed by atoms with Crippen molar-refractivity contribution >= 4 is 78.3 Å². The predicted molar refractivity (Wildman–Crippen MR) is 456 cm³/mol. The Morgan fingerprint density at radius 1 is 0.380 bits per heavy atom. The van der Waals surface area contributed by atoms with E-state index in [9.17, 15) is 47.7 Å². The van der Waals surface area contributed by atoms with Crippen LogP contribution in [0.4, 0.5) is 19.2 Å². The molecule has 0 atom stereocenters. The fraction of sp³-hybridized carbons (Fsp3) is 0.576. The number of Topliss-reactive ketones (excluding diaryl/α,β-unsaturated/α-hetero) is 1. The number of hydrogen-bond acceptors (Lipinski definition) is 24. The van der Waals surface area contributed by atoms with E-state index in [4.69, 9.17) is 61.2 Å². The van der Waals surface area contributed by atoms with Gasteiger partial charge < -0.3 is 85.5 Å². The molecule has 4 aromatic carbocycles. The summed E-state index contributed by atoms with van der Waals surface area (Å²) in [6.07, 6.45) is 10.8. The topological polar surface area (TPSA) is 313 Å². The van der Waals surface area contributed by atoms with Crippen LogP contribution < -0.4 is 18.9 Å². The molecule has 0 bridgehead atoms. The van der Waals surface area contributed by atoms with Crippen LogP contribution in [0, 0.1) is 0 Å². The quantitative estimate of drug-likeness (QED) is 0.0490. The van der Waals surface area contributed by atoms with Gasteiger partial charge >= 0.3 is 55.8 Å². The number of fused-ring (bicyclic) bond motifs is 4. The highest BCUT2D eigenvalue weighted by atomic mass is 31.2. The molecule has 8 heterocycles. The Kier molecular flexibility index (Phi) is 33.7. The molecule has 4 aromatic rings. The fourth-order valence-corrected chi connectivity index (χ4v) is 16.5. The van der Waals surface area contributed by atoms with Crippen molar-refractivity contribution in [2.24, 2.45) is 0 Å². The molecule has 4 fully saturated rings. The van der Waals surface area contributed by atoms with Gasteiger partial charge in [0.1, 0.15) is 74.0 Å².